The van der Waals surface area contributed by atoms with Crippen molar-refractivity contribution in [3.8, 4) is 0 Å². The molecule has 1 aliphatic carbocycles. The summed E-state index contributed by atoms with van der Waals surface area (Å²) < 4.78 is 0. The van der Waals surface area contributed by atoms with Crippen molar-refractivity contribution in [1.29, 1.82) is 0 Å². The Hall–Kier alpha value is -1.45. The first-order valence-corrected chi connectivity index (χ1v) is 4.39. The summed E-state index contributed by atoms with van der Waals surface area (Å²) in [7, 11) is 0. The van der Waals surface area contributed by atoms with E-state index in [2.05, 4.69) is 9.97 Å². The molecule has 1 aliphatic rings. The third-order valence-corrected chi connectivity index (χ3v) is 2.43. The number of nitrogen functional groups attached to an aromatic ring is 1. The van der Waals surface area contributed by atoms with Gasteiger partial charge < -0.3 is 5.73 Å². The third kappa shape index (κ3) is 1.52. The van der Waals surface area contributed by atoms with Crippen molar-refractivity contribution in [2.75, 3.05) is 5.73 Å². The van der Waals surface area contributed by atoms with Gasteiger partial charge in [0.2, 0.25) is 5.95 Å². The van der Waals surface area contributed by atoms with E-state index in [0.717, 1.165) is 18.5 Å². The zero-order valence-electron chi connectivity index (χ0n) is 7.23. The van der Waals surface area contributed by atoms with Gasteiger partial charge in [-0.25, -0.2) is 9.97 Å². The van der Waals surface area contributed by atoms with E-state index in [1.54, 1.807) is 6.07 Å². The van der Waals surface area contributed by atoms with Gasteiger partial charge in [0, 0.05) is 11.6 Å². The maximum absolute atomic E-state index is 10.5. The summed E-state index contributed by atoms with van der Waals surface area (Å²) in [6, 6.07) is 1.73. The molecule has 0 unspecified atom stereocenters. The van der Waals surface area contributed by atoms with Crippen molar-refractivity contribution in [1.82, 2.24) is 9.97 Å². The fourth-order valence-corrected chi connectivity index (χ4v) is 1.48. The Labute approximate surface area is 76.2 Å². The molecular weight excluding hydrogens is 166 g/mol. The summed E-state index contributed by atoms with van der Waals surface area (Å²) in [5.41, 5.74) is 6.77. The van der Waals surface area contributed by atoms with Crippen molar-refractivity contribution < 1.29 is 4.79 Å². The van der Waals surface area contributed by atoms with Gasteiger partial charge in [0.1, 0.15) is 5.69 Å². The molecule has 2 N–H and O–H groups in total. The molecular formula is C9H11N3O. The molecule has 1 aromatic rings. The highest BCUT2D eigenvalue weighted by Crippen LogP contribution is 2.35. The zero-order chi connectivity index (χ0) is 9.26. The molecule has 1 fully saturated rings. The average Bonchev–Trinajstić information content (AvgIpc) is 2.00. The predicted octanol–water partition coefficient (Wildman–Crippen LogP) is 1.14. The lowest BCUT2D eigenvalue weighted by Gasteiger charge is -2.24. The van der Waals surface area contributed by atoms with Crippen molar-refractivity contribution in [2.45, 2.75) is 25.2 Å². The van der Waals surface area contributed by atoms with E-state index in [4.69, 9.17) is 5.73 Å². The molecule has 1 saturated carbocycles. The van der Waals surface area contributed by atoms with Gasteiger partial charge >= 0.3 is 0 Å². The van der Waals surface area contributed by atoms with Crippen LogP contribution in [0.3, 0.4) is 0 Å². The second kappa shape index (κ2) is 3.12. The molecule has 0 saturated heterocycles. The number of nitrogens with zero attached hydrogens (tertiary/aromatic N) is 2. The molecule has 13 heavy (non-hydrogen) atoms. The summed E-state index contributed by atoms with van der Waals surface area (Å²) in [6.07, 6.45) is 4.24. The maximum atomic E-state index is 10.5. The molecule has 4 heteroatoms. The smallest absolute Gasteiger partial charge is 0.220 e. The molecule has 2 rings (SSSR count). The fraction of sp³-hybridized carbons (Fsp3) is 0.444. The number of carbonyl (C=O) groups is 1. The van der Waals surface area contributed by atoms with Gasteiger partial charge in [-0.1, -0.05) is 6.42 Å². The minimum absolute atomic E-state index is 0.200. The van der Waals surface area contributed by atoms with E-state index in [1.165, 1.54) is 6.42 Å². The topological polar surface area (TPSA) is 68.9 Å². The van der Waals surface area contributed by atoms with Crippen molar-refractivity contribution in [2.24, 2.45) is 0 Å². The van der Waals surface area contributed by atoms with E-state index < -0.39 is 0 Å². The number of aldehydes is 1. The number of rotatable bonds is 2. The SMILES string of the molecule is Nc1nc(C=O)cc(C2CCC2)n1. The second-order valence-corrected chi connectivity index (χ2v) is 3.32. The van der Waals surface area contributed by atoms with Gasteiger partial charge in [-0.05, 0) is 18.9 Å². The standard InChI is InChI=1S/C9H11N3O/c10-9-11-7(5-13)4-8(12-9)6-2-1-3-6/h4-6H,1-3H2,(H2,10,11,12). The van der Waals surface area contributed by atoms with Crippen LogP contribution in [0.25, 0.3) is 0 Å². The van der Waals surface area contributed by atoms with E-state index in [1.807, 2.05) is 0 Å². The third-order valence-electron chi connectivity index (χ3n) is 2.43. The molecule has 0 bridgehead atoms. The molecule has 4 nitrogen and oxygen atoms in total. The molecule has 0 aliphatic heterocycles. The number of aromatic nitrogens is 2. The molecule has 0 radical (unpaired) electrons. The Kier molecular flexibility index (Phi) is 1.96. The zero-order valence-corrected chi connectivity index (χ0v) is 7.23. The summed E-state index contributed by atoms with van der Waals surface area (Å²) in [6.45, 7) is 0. The lowest BCUT2D eigenvalue weighted by atomic mass is 9.83. The van der Waals surface area contributed by atoms with Crippen LogP contribution in [0.4, 0.5) is 5.95 Å². The van der Waals surface area contributed by atoms with Crippen LogP contribution in [0, 0.1) is 0 Å². The number of hydrogen-bond donors (Lipinski definition) is 1. The Balaban J connectivity index is 2.33. The molecule has 68 valence electrons. The number of carbonyl (C=O) groups excluding carboxylic acids is 1. The summed E-state index contributed by atoms with van der Waals surface area (Å²) in [5, 5.41) is 0. The number of hydrogen-bond acceptors (Lipinski definition) is 4. The molecule has 0 spiro atoms. The molecule has 0 atom stereocenters. The Bertz CT molecular complexity index is 334. The Morgan fingerprint density at radius 2 is 2.23 bits per heavy atom. The molecule has 0 amide bonds. The van der Waals surface area contributed by atoms with Gasteiger partial charge in [-0.2, -0.15) is 0 Å². The van der Waals surface area contributed by atoms with Crippen LogP contribution in [-0.2, 0) is 0 Å². The minimum atomic E-state index is 0.200. The summed E-state index contributed by atoms with van der Waals surface area (Å²) in [5.74, 6) is 0.690. The van der Waals surface area contributed by atoms with E-state index in [0.29, 0.717) is 17.9 Å². The maximum Gasteiger partial charge on any atom is 0.220 e. The van der Waals surface area contributed by atoms with Crippen LogP contribution in [0.15, 0.2) is 6.07 Å². The van der Waals surface area contributed by atoms with Crippen LogP contribution in [0.2, 0.25) is 0 Å². The summed E-state index contributed by atoms with van der Waals surface area (Å²) in [4.78, 5) is 18.4. The average molecular weight is 177 g/mol. The highest BCUT2D eigenvalue weighted by atomic mass is 16.1. The van der Waals surface area contributed by atoms with E-state index in [-0.39, 0.29) is 5.95 Å². The second-order valence-electron chi connectivity index (χ2n) is 3.32. The van der Waals surface area contributed by atoms with Gasteiger partial charge in [-0.15, -0.1) is 0 Å². The van der Waals surface area contributed by atoms with E-state index >= 15 is 0 Å². The lowest BCUT2D eigenvalue weighted by Crippen LogP contribution is -2.13. The largest absolute Gasteiger partial charge is 0.368 e. The van der Waals surface area contributed by atoms with E-state index in [9.17, 15) is 4.79 Å². The first kappa shape index (κ1) is 8.16. The van der Waals surface area contributed by atoms with Crippen molar-refractivity contribution in [3.05, 3.63) is 17.5 Å². The fourth-order valence-electron chi connectivity index (χ4n) is 1.48. The number of anilines is 1. The van der Waals surface area contributed by atoms with Crippen LogP contribution in [-0.4, -0.2) is 16.3 Å². The van der Waals surface area contributed by atoms with Gasteiger partial charge in [-0.3, -0.25) is 4.79 Å². The first-order chi connectivity index (χ1) is 6.29. The predicted molar refractivity (Wildman–Crippen MR) is 48.4 cm³/mol. The van der Waals surface area contributed by atoms with Crippen molar-refractivity contribution in [3.63, 3.8) is 0 Å². The Morgan fingerprint density at radius 3 is 2.77 bits per heavy atom. The number of nitrogens with two attached hydrogens (primary N) is 1. The van der Waals surface area contributed by atoms with Crippen molar-refractivity contribution >= 4 is 12.2 Å². The quantitative estimate of drug-likeness (QED) is 0.688. The van der Waals surface area contributed by atoms with Crippen LogP contribution in [0.5, 0.6) is 0 Å². The molecule has 1 aromatic heterocycles. The van der Waals surface area contributed by atoms with Crippen LogP contribution < -0.4 is 5.73 Å². The van der Waals surface area contributed by atoms with Gasteiger partial charge in [0.25, 0.3) is 0 Å². The highest BCUT2D eigenvalue weighted by Gasteiger charge is 2.21. The van der Waals surface area contributed by atoms with Crippen LogP contribution >= 0.6 is 0 Å². The molecule has 0 aromatic carbocycles. The first-order valence-electron chi connectivity index (χ1n) is 4.39. The molecule has 1 heterocycles. The highest BCUT2D eigenvalue weighted by molar-refractivity contribution is 5.72. The van der Waals surface area contributed by atoms with Gasteiger partial charge in [0.15, 0.2) is 6.29 Å². The lowest BCUT2D eigenvalue weighted by molar-refractivity contribution is 0.111. The Morgan fingerprint density at radius 1 is 1.46 bits per heavy atom. The minimum Gasteiger partial charge on any atom is -0.368 e. The van der Waals surface area contributed by atoms with Crippen LogP contribution in [0.1, 0.15) is 41.4 Å². The summed E-state index contributed by atoms with van der Waals surface area (Å²) >= 11 is 0. The van der Waals surface area contributed by atoms with Gasteiger partial charge in [0.05, 0.1) is 0 Å². The normalized spacial score (nSPS) is 16.6. The monoisotopic (exact) mass is 177 g/mol.